The molecule has 0 aliphatic carbocycles. The first-order valence-corrected chi connectivity index (χ1v) is 7.37. The fourth-order valence-corrected chi connectivity index (χ4v) is 3.03. The quantitative estimate of drug-likeness (QED) is 0.454. The number of fused-ring (bicyclic) bond motifs is 4. The minimum atomic E-state index is 0.760. The van der Waals surface area contributed by atoms with E-state index in [0.29, 0.717) is 0 Å². The zero-order valence-corrected chi connectivity index (χ0v) is 12.1. The van der Waals surface area contributed by atoms with Crippen molar-refractivity contribution in [3.63, 3.8) is 0 Å². The maximum absolute atomic E-state index is 6.07. The minimum Gasteiger partial charge on any atom is -0.454 e. The molecule has 1 aromatic carbocycles. The number of nitrogens with zero attached hydrogens (tertiary/aromatic N) is 3. The van der Waals surface area contributed by atoms with E-state index < -0.39 is 0 Å². The van der Waals surface area contributed by atoms with Crippen LogP contribution in [0.5, 0.6) is 0 Å². The molecule has 5 aromatic rings. The molecule has 0 radical (unpaired) electrons. The van der Waals surface area contributed by atoms with E-state index in [0.717, 1.165) is 44.1 Å². The number of aromatic nitrogens is 3. The molecule has 0 unspecified atom stereocenters. The molecule has 0 N–H and O–H groups in total. The highest BCUT2D eigenvalue weighted by Gasteiger charge is 2.15. The minimum absolute atomic E-state index is 0.760. The summed E-state index contributed by atoms with van der Waals surface area (Å²) in [6.07, 6.45) is 7.19. The molecular weight excluding hydrogens is 286 g/mol. The predicted molar refractivity (Wildman–Crippen MR) is 90.0 cm³/mol. The van der Waals surface area contributed by atoms with E-state index in [-0.39, 0.29) is 0 Å². The molecule has 0 saturated heterocycles. The van der Waals surface area contributed by atoms with Gasteiger partial charge in [-0.25, -0.2) is 0 Å². The molecule has 0 spiro atoms. The fraction of sp³-hybridized carbons (Fsp3) is 0. The third-order valence-electron chi connectivity index (χ3n) is 4.08. The van der Waals surface area contributed by atoms with Crippen LogP contribution in [-0.4, -0.2) is 15.0 Å². The van der Waals surface area contributed by atoms with Crippen molar-refractivity contribution < 1.29 is 4.42 Å². The lowest BCUT2D eigenvalue weighted by Crippen LogP contribution is -1.90. The van der Waals surface area contributed by atoms with Crippen molar-refractivity contribution in [2.75, 3.05) is 0 Å². The van der Waals surface area contributed by atoms with Crippen LogP contribution in [0.2, 0.25) is 0 Å². The van der Waals surface area contributed by atoms with Crippen LogP contribution < -0.4 is 0 Å². The fourth-order valence-electron chi connectivity index (χ4n) is 3.03. The summed E-state index contributed by atoms with van der Waals surface area (Å²) < 4.78 is 6.07. The van der Waals surface area contributed by atoms with Gasteiger partial charge in [0.2, 0.25) is 0 Å². The van der Waals surface area contributed by atoms with E-state index in [9.17, 15) is 0 Å². The average molecular weight is 297 g/mol. The first-order chi connectivity index (χ1) is 11.4. The van der Waals surface area contributed by atoms with Gasteiger partial charge in [0.05, 0.1) is 0 Å². The van der Waals surface area contributed by atoms with Gasteiger partial charge in [-0.15, -0.1) is 0 Å². The second-order valence-corrected chi connectivity index (χ2v) is 5.39. The molecule has 0 fully saturated rings. The van der Waals surface area contributed by atoms with Crippen LogP contribution in [0.25, 0.3) is 44.1 Å². The number of para-hydroxylation sites is 1. The van der Waals surface area contributed by atoms with Gasteiger partial charge in [0.25, 0.3) is 0 Å². The van der Waals surface area contributed by atoms with Crippen molar-refractivity contribution in [3.05, 3.63) is 67.3 Å². The van der Waals surface area contributed by atoms with Crippen molar-refractivity contribution in [2.45, 2.75) is 0 Å². The summed E-state index contributed by atoms with van der Waals surface area (Å²) in [7, 11) is 0. The van der Waals surface area contributed by atoms with Crippen LogP contribution in [0, 0.1) is 0 Å². The van der Waals surface area contributed by atoms with Crippen LogP contribution in [0.15, 0.2) is 71.7 Å². The average Bonchev–Trinajstić information content (AvgIpc) is 3.00. The Morgan fingerprint density at radius 3 is 2.52 bits per heavy atom. The van der Waals surface area contributed by atoms with E-state index in [2.05, 4.69) is 21.0 Å². The van der Waals surface area contributed by atoms with Crippen LogP contribution in [-0.2, 0) is 0 Å². The molecular formula is C19H11N3O. The van der Waals surface area contributed by atoms with Gasteiger partial charge >= 0.3 is 0 Å². The number of pyridine rings is 3. The SMILES string of the molecule is c1ccc2c(c1)oc1c(-c3nccc4cnccc34)nccc12. The van der Waals surface area contributed by atoms with Crippen LogP contribution in [0.4, 0.5) is 0 Å². The maximum atomic E-state index is 6.07. The second kappa shape index (κ2) is 4.61. The molecule has 108 valence electrons. The van der Waals surface area contributed by atoms with E-state index in [4.69, 9.17) is 4.42 Å². The van der Waals surface area contributed by atoms with Crippen molar-refractivity contribution in [1.29, 1.82) is 0 Å². The van der Waals surface area contributed by atoms with Crippen LogP contribution >= 0.6 is 0 Å². The lowest BCUT2D eigenvalue weighted by atomic mass is 10.1. The molecule has 0 saturated carbocycles. The highest BCUT2D eigenvalue weighted by molar-refractivity contribution is 6.10. The van der Waals surface area contributed by atoms with Gasteiger partial charge in [0, 0.05) is 46.3 Å². The Morgan fingerprint density at radius 1 is 0.696 bits per heavy atom. The molecule has 0 aliphatic heterocycles. The Balaban J connectivity index is 1.93. The van der Waals surface area contributed by atoms with Gasteiger partial charge < -0.3 is 4.42 Å². The van der Waals surface area contributed by atoms with Crippen molar-refractivity contribution in [1.82, 2.24) is 15.0 Å². The number of rotatable bonds is 1. The molecule has 4 nitrogen and oxygen atoms in total. The van der Waals surface area contributed by atoms with E-state index in [1.54, 1.807) is 18.6 Å². The number of furan rings is 1. The van der Waals surface area contributed by atoms with Crippen molar-refractivity contribution in [2.24, 2.45) is 0 Å². The van der Waals surface area contributed by atoms with Crippen molar-refractivity contribution in [3.8, 4) is 11.4 Å². The molecule has 0 amide bonds. The Labute approximate surface area is 131 Å². The Kier molecular flexibility index (Phi) is 2.46. The summed E-state index contributed by atoms with van der Waals surface area (Å²) in [6, 6.07) is 13.9. The Bertz CT molecular complexity index is 1170. The summed E-state index contributed by atoms with van der Waals surface area (Å²) in [5, 5.41) is 4.20. The van der Waals surface area contributed by atoms with Gasteiger partial charge in [0.1, 0.15) is 17.0 Å². The zero-order chi connectivity index (χ0) is 15.2. The monoisotopic (exact) mass is 297 g/mol. The summed E-state index contributed by atoms with van der Waals surface area (Å²) in [5.41, 5.74) is 3.20. The van der Waals surface area contributed by atoms with Gasteiger partial charge in [-0.05, 0) is 24.3 Å². The Morgan fingerprint density at radius 2 is 1.52 bits per heavy atom. The van der Waals surface area contributed by atoms with E-state index >= 15 is 0 Å². The molecule has 0 atom stereocenters. The van der Waals surface area contributed by atoms with Gasteiger partial charge in [-0.1, -0.05) is 18.2 Å². The van der Waals surface area contributed by atoms with Crippen LogP contribution in [0.3, 0.4) is 0 Å². The highest BCUT2D eigenvalue weighted by Crippen LogP contribution is 2.35. The molecule has 4 aromatic heterocycles. The van der Waals surface area contributed by atoms with Crippen LogP contribution in [0.1, 0.15) is 0 Å². The zero-order valence-electron chi connectivity index (χ0n) is 12.1. The molecule has 4 heterocycles. The summed E-state index contributed by atoms with van der Waals surface area (Å²) >= 11 is 0. The van der Waals surface area contributed by atoms with Crippen molar-refractivity contribution >= 4 is 32.7 Å². The molecule has 0 aliphatic rings. The smallest absolute Gasteiger partial charge is 0.163 e. The van der Waals surface area contributed by atoms with Gasteiger partial charge in [0.15, 0.2) is 5.58 Å². The van der Waals surface area contributed by atoms with E-state index in [1.165, 1.54) is 0 Å². The van der Waals surface area contributed by atoms with Gasteiger partial charge in [-0.3, -0.25) is 15.0 Å². The molecule has 0 bridgehead atoms. The first kappa shape index (κ1) is 12.3. The predicted octanol–water partition coefficient (Wildman–Crippen LogP) is 4.59. The third kappa shape index (κ3) is 1.75. The number of benzene rings is 1. The number of hydrogen-bond donors (Lipinski definition) is 0. The maximum Gasteiger partial charge on any atom is 0.163 e. The molecule has 4 heteroatoms. The summed E-state index contributed by atoms with van der Waals surface area (Å²) in [6.45, 7) is 0. The largest absolute Gasteiger partial charge is 0.454 e. The standard InChI is InChI=1S/C19H11N3O/c1-2-4-16-14(3-1)15-7-10-22-18(19(15)23-16)17-13-6-8-20-11-12(13)5-9-21-17/h1-11H. The first-order valence-electron chi connectivity index (χ1n) is 7.37. The lowest BCUT2D eigenvalue weighted by molar-refractivity contribution is 0.668. The summed E-state index contributed by atoms with van der Waals surface area (Å²) in [4.78, 5) is 13.3. The molecule has 5 rings (SSSR count). The second-order valence-electron chi connectivity index (χ2n) is 5.39. The van der Waals surface area contributed by atoms with E-state index in [1.807, 2.05) is 42.6 Å². The third-order valence-corrected chi connectivity index (χ3v) is 4.08. The topological polar surface area (TPSA) is 51.8 Å². The van der Waals surface area contributed by atoms with Gasteiger partial charge in [-0.2, -0.15) is 0 Å². The normalized spacial score (nSPS) is 11.5. The Hall–Kier alpha value is -3.27. The highest BCUT2D eigenvalue weighted by atomic mass is 16.3. The lowest BCUT2D eigenvalue weighted by Gasteiger charge is -2.04. The number of hydrogen-bond acceptors (Lipinski definition) is 4. The summed E-state index contributed by atoms with van der Waals surface area (Å²) in [5.74, 6) is 0. The molecule has 23 heavy (non-hydrogen) atoms.